The quantitative estimate of drug-likeness (QED) is 0.819. The maximum Gasteiger partial charge on any atom is 0.0351 e. The average molecular weight is 311 g/mol. The molecule has 18 heavy (non-hydrogen) atoms. The van der Waals surface area contributed by atoms with Crippen molar-refractivity contribution in [1.29, 1.82) is 0 Å². The first-order valence-corrected chi connectivity index (χ1v) is 7.79. The van der Waals surface area contributed by atoms with Gasteiger partial charge in [0.1, 0.15) is 0 Å². The molecule has 0 saturated heterocycles. The van der Waals surface area contributed by atoms with Gasteiger partial charge in [0.2, 0.25) is 0 Å². The molecule has 1 aliphatic carbocycles. The Bertz CT molecular complexity index is 363. The average Bonchev–Trinajstić information content (AvgIpc) is 2.31. The second-order valence-electron chi connectivity index (χ2n) is 5.13. The maximum atomic E-state index is 3.50. The molecule has 100 valence electrons. The smallest absolute Gasteiger partial charge is 0.0351 e. The molecule has 2 nitrogen and oxygen atoms in total. The van der Waals surface area contributed by atoms with Crippen LogP contribution in [0.25, 0.3) is 0 Å². The maximum absolute atomic E-state index is 3.50. The molecule has 0 aromatic heterocycles. The van der Waals surface area contributed by atoms with Gasteiger partial charge in [0.25, 0.3) is 0 Å². The Kier molecular flexibility index (Phi) is 5.51. The molecule has 0 aliphatic heterocycles. The third kappa shape index (κ3) is 4.29. The van der Waals surface area contributed by atoms with E-state index in [1.807, 2.05) is 0 Å². The molecule has 1 N–H and O–H groups in total. The van der Waals surface area contributed by atoms with E-state index in [0.29, 0.717) is 0 Å². The van der Waals surface area contributed by atoms with Crippen LogP contribution in [0.4, 0.5) is 5.69 Å². The lowest BCUT2D eigenvalue weighted by molar-refractivity contribution is 0.189. The van der Waals surface area contributed by atoms with Crippen LogP contribution in [-0.2, 0) is 0 Å². The number of anilines is 1. The number of nitrogens with zero attached hydrogens (tertiary/aromatic N) is 1. The van der Waals surface area contributed by atoms with Crippen molar-refractivity contribution in [2.24, 2.45) is 5.92 Å². The summed E-state index contributed by atoms with van der Waals surface area (Å²) in [5.74, 6) is 0.968. The van der Waals surface area contributed by atoms with Gasteiger partial charge in [-0.25, -0.2) is 0 Å². The highest BCUT2D eigenvalue weighted by Crippen LogP contribution is 2.26. The summed E-state index contributed by atoms with van der Waals surface area (Å²) in [7, 11) is 0. The van der Waals surface area contributed by atoms with E-state index in [1.165, 1.54) is 31.5 Å². The van der Waals surface area contributed by atoms with E-state index in [-0.39, 0.29) is 0 Å². The first kappa shape index (κ1) is 13.9. The molecule has 0 unspecified atom stereocenters. The van der Waals surface area contributed by atoms with E-state index < -0.39 is 0 Å². The van der Waals surface area contributed by atoms with Gasteiger partial charge in [-0.2, -0.15) is 0 Å². The molecule has 1 aromatic carbocycles. The molecule has 2 rings (SSSR count). The molecule has 0 amide bonds. The van der Waals surface area contributed by atoms with Gasteiger partial charge in [-0.1, -0.05) is 35.3 Å². The minimum atomic E-state index is 0.968. The summed E-state index contributed by atoms with van der Waals surface area (Å²) in [6, 6.07) is 8.37. The second kappa shape index (κ2) is 7.15. The Balaban J connectivity index is 1.69. The van der Waals surface area contributed by atoms with E-state index in [1.54, 1.807) is 0 Å². The predicted octanol–water partition coefficient (Wildman–Crippen LogP) is 3.98. The normalized spacial score (nSPS) is 15.7. The van der Waals surface area contributed by atoms with Crippen LogP contribution in [0.1, 0.15) is 26.2 Å². The van der Waals surface area contributed by atoms with Gasteiger partial charge >= 0.3 is 0 Å². The number of hydrogen-bond donors (Lipinski definition) is 1. The lowest BCUT2D eigenvalue weighted by Crippen LogP contribution is -2.35. The van der Waals surface area contributed by atoms with Crippen molar-refractivity contribution in [1.82, 2.24) is 4.90 Å². The van der Waals surface area contributed by atoms with Crippen molar-refractivity contribution >= 4 is 21.6 Å². The molecule has 0 radical (unpaired) electrons. The Morgan fingerprint density at radius 1 is 1.39 bits per heavy atom. The van der Waals surface area contributed by atoms with Crippen LogP contribution in [-0.4, -0.2) is 31.1 Å². The van der Waals surface area contributed by atoms with Gasteiger partial charge in [-0.15, -0.1) is 0 Å². The molecule has 3 heteroatoms. The first-order valence-electron chi connectivity index (χ1n) is 6.99. The highest BCUT2D eigenvalue weighted by atomic mass is 79.9. The second-order valence-corrected chi connectivity index (χ2v) is 6.04. The molecule has 1 fully saturated rings. The topological polar surface area (TPSA) is 15.3 Å². The fraction of sp³-hybridized carbons (Fsp3) is 0.600. The summed E-state index contributed by atoms with van der Waals surface area (Å²) in [5.41, 5.74) is 1.20. The van der Waals surface area contributed by atoms with E-state index in [2.05, 4.69) is 57.3 Å². The summed E-state index contributed by atoms with van der Waals surface area (Å²) in [4.78, 5) is 2.56. The van der Waals surface area contributed by atoms with Gasteiger partial charge in [-0.3, -0.25) is 0 Å². The number of nitrogens with one attached hydrogen (secondary N) is 1. The molecular formula is C15H23BrN2. The highest BCUT2D eigenvalue weighted by Gasteiger charge is 2.19. The van der Waals surface area contributed by atoms with Crippen LogP contribution in [0, 0.1) is 5.92 Å². The van der Waals surface area contributed by atoms with Gasteiger partial charge in [-0.05, 0) is 43.5 Å². The highest BCUT2D eigenvalue weighted by molar-refractivity contribution is 9.10. The van der Waals surface area contributed by atoms with E-state index in [9.17, 15) is 0 Å². The number of likely N-dealkylation sites (N-methyl/N-ethyl adjacent to an activating group) is 1. The summed E-state index contributed by atoms with van der Waals surface area (Å²) >= 11 is 3.50. The number of halogens is 1. The van der Waals surface area contributed by atoms with Crippen LogP contribution >= 0.6 is 15.9 Å². The number of rotatable bonds is 7. The van der Waals surface area contributed by atoms with Crippen LogP contribution < -0.4 is 5.32 Å². The van der Waals surface area contributed by atoms with Gasteiger partial charge in [0.05, 0.1) is 0 Å². The molecule has 0 heterocycles. The zero-order chi connectivity index (χ0) is 12.8. The Labute approximate surface area is 119 Å². The van der Waals surface area contributed by atoms with Gasteiger partial charge in [0, 0.05) is 29.8 Å². The Hall–Kier alpha value is -0.540. The van der Waals surface area contributed by atoms with Crippen molar-refractivity contribution in [2.45, 2.75) is 26.2 Å². The zero-order valence-electron chi connectivity index (χ0n) is 11.2. The fourth-order valence-electron chi connectivity index (χ4n) is 2.38. The standard InChI is InChI=1S/C15H23BrN2/c1-2-18(12-13-5-3-6-13)10-9-17-15-8-4-7-14(16)11-15/h4,7-8,11,13,17H,2-3,5-6,9-10,12H2,1H3. The molecule has 1 aliphatic rings. The minimum Gasteiger partial charge on any atom is -0.384 e. The number of hydrogen-bond acceptors (Lipinski definition) is 2. The van der Waals surface area contributed by atoms with Crippen molar-refractivity contribution in [3.05, 3.63) is 28.7 Å². The van der Waals surface area contributed by atoms with Crippen molar-refractivity contribution in [3.63, 3.8) is 0 Å². The summed E-state index contributed by atoms with van der Waals surface area (Å²) < 4.78 is 1.13. The molecule has 1 saturated carbocycles. The Morgan fingerprint density at radius 2 is 2.22 bits per heavy atom. The monoisotopic (exact) mass is 310 g/mol. The summed E-state index contributed by atoms with van der Waals surface area (Å²) in [5, 5.41) is 3.49. The zero-order valence-corrected chi connectivity index (χ0v) is 12.7. The Morgan fingerprint density at radius 3 is 2.83 bits per heavy atom. The summed E-state index contributed by atoms with van der Waals surface area (Å²) in [6.07, 6.45) is 4.32. The van der Waals surface area contributed by atoms with Crippen molar-refractivity contribution < 1.29 is 0 Å². The molecule has 0 spiro atoms. The minimum absolute atomic E-state index is 0.968. The van der Waals surface area contributed by atoms with E-state index in [4.69, 9.17) is 0 Å². The first-order chi connectivity index (χ1) is 8.78. The predicted molar refractivity (Wildman–Crippen MR) is 82.1 cm³/mol. The van der Waals surface area contributed by atoms with E-state index >= 15 is 0 Å². The fourth-order valence-corrected chi connectivity index (χ4v) is 2.78. The molecule has 1 aromatic rings. The third-order valence-corrected chi connectivity index (χ3v) is 4.26. The lowest BCUT2D eigenvalue weighted by Gasteiger charge is -2.31. The van der Waals surface area contributed by atoms with Crippen LogP contribution in [0.3, 0.4) is 0 Å². The number of benzene rings is 1. The van der Waals surface area contributed by atoms with Crippen LogP contribution in [0.15, 0.2) is 28.7 Å². The van der Waals surface area contributed by atoms with Crippen LogP contribution in [0.2, 0.25) is 0 Å². The van der Waals surface area contributed by atoms with E-state index in [0.717, 1.165) is 30.0 Å². The van der Waals surface area contributed by atoms with Crippen molar-refractivity contribution in [2.75, 3.05) is 31.5 Å². The van der Waals surface area contributed by atoms with Crippen LogP contribution in [0.5, 0.6) is 0 Å². The lowest BCUT2D eigenvalue weighted by atomic mass is 9.85. The third-order valence-electron chi connectivity index (χ3n) is 3.77. The molecule has 0 bridgehead atoms. The van der Waals surface area contributed by atoms with Gasteiger partial charge in [0.15, 0.2) is 0 Å². The molecule has 0 atom stereocenters. The molecular weight excluding hydrogens is 288 g/mol. The largest absolute Gasteiger partial charge is 0.384 e. The summed E-state index contributed by atoms with van der Waals surface area (Å²) in [6.45, 7) is 6.88. The van der Waals surface area contributed by atoms with Crippen molar-refractivity contribution in [3.8, 4) is 0 Å². The SMILES string of the molecule is CCN(CCNc1cccc(Br)c1)CC1CCC1. The van der Waals surface area contributed by atoms with Gasteiger partial charge < -0.3 is 10.2 Å².